The number of pyridine rings is 2. The molecule has 4 heteroatoms. The summed E-state index contributed by atoms with van der Waals surface area (Å²) in [7, 11) is 4.40. The van der Waals surface area contributed by atoms with E-state index in [-0.39, 0.29) is 0 Å². The van der Waals surface area contributed by atoms with E-state index in [0.29, 0.717) is 0 Å². The van der Waals surface area contributed by atoms with E-state index in [0.717, 1.165) is 44.0 Å². The van der Waals surface area contributed by atoms with Crippen molar-refractivity contribution in [1.29, 1.82) is 0 Å². The molecule has 4 rings (SSSR count). The number of nitrogens with zero attached hydrogens (tertiary/aromatic N) is 4. The van der Waals surface area contributed by atoms with Gasteiger partial charge < -0.3 is 9.80 Å². The summed E-state index contributed by atoms with van der Waals surface area (Å²) in [5.74, 6) is 0. The Kier molecular flexibility index (Phi) is 7.96. The van der Waals surface area contributed by atoms with E-state index in [4.69, 9.17) is 0 Å². The monoisotopic (exact) mass is 436 g/mol. The smallest absolute Gasteiger partial charge is 0.0702 e. The molecule has 0 radical (unpaired) electrons. The van der Waals surface area contributed by atoms with Gasteiger partial charge in [0.1, 0.15) is 0 Å². The van der Waals surface area contributed by atoms with Gasteiger partial charge in [-0.15, -0.1) is 0 Å². The molecular formula is C29H32N4. The predicted molar refractivity (Wildman–Crippen MR) is 137 cm³/mol. The lowest BCUT2D eigenvalue weighted by atomic mass is 10.1. The molecule has 0 aliphatic carbocycles. The van der Waals surface area contributed by atoms with Crippen LogP contribution in [0.4, 0.5) is 0 Å². The fraction of sp³-hybridized carbons (Fsp3) is 0.241. The fourth-order valence-corrected chi connectivity index (χ4v) is 4.12. The van der Waals surface area contributed by atoms with Crippen LogP contribution in [0.25, 0.3) is 22.5 Å². The van der Waals surface area contributed by atoms with E-state index in [1.54, 1.807) is 0 Å². The second kappa shape index (κ2) is 11.5. The molecule has 0 fully saturated rings. The highest BCUT2D eigenvalue weighted by Gasteiger charge is 2.06. The summed E-state index contributed by atoms with van der Waals surface area (Å²) in [5, 5.41) is 0. The molecule has 0 saturated carbocycles. The Labute approximate surface area is 197 Å². The minimum Gasteiger partial charge on any atom is -0.302 e. The van der Waals surface area contributed by atoms with E-state index in [9.17, 15) is 0 Å². The van der Waals surface area contributed by atoms with Gasteiger partial charge in [0, 0.05) is 36.6 Å². The Balaban J connectivity index is 1.24. The zero-order chi connectivity index (χ0) is 22.9. The van der Waals surface area contributed by atoms with Gasteiger partial charge in [-0.1, -0.05) is 48.5 Å². The molecule has 2 heterocycles. The van der Waals surface area contributed by atoms with Crippen molar-refractivity contribution in [2.24, 2.45) is 0 Å². The van der Waals surface area contributed by atoms with Gasteiger partial charge in [-0.2, -0.15) is 0 Å². The van der Waals surface area contributed by atoms with Crippen LogP contribution in [-0.4, -0.2) is 47.0 Å². The molecule has 2 aromatic heterocycles. The molecule has 0 saturated heterocycles. The SMILES string of the molecule is CN(CCCN(C)Cc1cccc(-c2ccccn2)c1)Cc1cccc(-c2ccccn2)c1. The van der Waals surface area contributed by atoms with Crippen LogP contribution < -0.4 is 0 Å². The number of aromatic nitrogens is 2. The molecule has 4 aromatic rings. The van der Waals surface area contributed by atoms with Crippen molar-refractivity contribution >= 4 is 0 Å². The maximum atomic E-state index is 4.47. The number of rotatable bonds is 10. The summed E-state index contributed by atoms with van der Waals surface area (Å²) < 4.78 is 0. The lowest BCUT2D eigenvalue weighted by Gasteiger charge is -2.21. The van der Waals surface area contributed by atoms with Crippen molar-refractivity contribution in [3.05, 3.63) is 108 Å². The number of benzene rings is 2. The van der Waals surface area contributed by atoms with Crippen LogP contribution >= 0.6 is 0 Å². The van der Waals surface area contributed by atoms with Gasteiger partial charge in [0.15, 0.2) is 0 Å². The van der Waals surface area contributed by atoms with E-state index >= 15 is 0 Å². The van der Waals surface area contributed by atoms with E-state index in [2.05, 4.69) is 94.5 Å². The number of hydrogen-bond acceptors (Lipinski definition) is 4. The van der Waals surface area contributed by atoms with Crippen LogP contribution in [0.15, 0.2) is 97.3 Å². The first-order valence-electron chi connectivity index (χ1n) is 11.6. The van der Waals surface area contributed by atoms with E-state index in [1.807, 2.05) is 36.7 Å². The van der Waals surface area contributed by atoms with E-state index in [1.165, 1.54) is 22.3 Å². The van der Waals surface area contributed by atoms with Gasteiger partial charge >= 0.3 is 0 Å². The molecule has 2 aromatic carbocycles. The van der Waals surface area contributed by atoms with Crippen LogP contribution in [-0.2, 0) is 13.1 Å². The first-order valence-corrected chi connectivity index (χ1v) is 11.6. The molecule has 4 nitrogen and oxygen atoms in total. The van der Waals surface area contributed by atoms with Crippen molar-refractivity contribution in [2.45, 2.75) is 19.5 Å². The zero-order valence-electron chi connectivity index (χ0n) is 19.6. The van der Waals surface area contributed by atoms with E-state index < -0.39 is 0 Å². The van der Waals surface area contributed by atoms with Gasteiger partial charge in [-0.3, -0.25) is 9.97 Å². The zero-order valence-corrected chi connectivity index (χ0v) is 19.6. The predicted octanol–water partition coefficient (Wildman–Crippen LogP) is 5.76. The molecule has 168 valence electrons. The molecule has 0 spiro atoms. The van der Waals surface area contributed by atoms with Crippen molar-refractivity contribution < 1.29 is 0 Å². The molecule has 0 N–H and O–H groups in total. The summed E-state index contributed by atoms with van der Waals surface area (Å²) in [6.07, 6.45) is 4.83. The van der Waals surface area contributed by atoms with Crippen molar-refractivity contribution in [2.75, 3.05) is 27.2 Å². The van der Waals surface area contributed by atoms with Crippen molar-refractivity contribution in [3.8, 4) is 22.5 Å². The van der Waals surface area contributed by atoms with Gasteiger partial charge in [0.2, 0.25) is 0 Å². The third-order valence-electron chi connectivity index (χ3n) is 5.76. The van der Waals surface area contributed by atoms with Crippen LogP contribution in [0.5, 0.6) is 0 Å². The molecule has 0 bridgehead atoms. The third-order valence-corrected chi connectivity index (χ3v) is 5.76. The maximum absolute atomic E-state index is 4.47. The Hall–Kier alpha value is -3.34. The summed E-state index contributed by atoms with van der Waals surface area (Å²) in [5.41, 5.74) is 7.04. The fourth-order valence-electron chi connectivity index (χ4n) is 4.12. The lowest BCUT2D eigenvalue weighted by molar-refractivity contribution is 0.270. The number of hydrogen-bond donors (Lipinski definition) is 0. The molecule has 0 atom stereocenters. The lowest BCUT2D eigenvalue weighted by Crippen LogP contribution is -2.25. The van der Waals surface area contributed by atoms with Crippen molar-refractivity contribution in [3.63, 3.8) is 0 Å². The largest absolute Gasteiger partial charge is 0.302 e. The first kappa shape index (κ1) is 22.8. The summed E-state index contributed by atoms with van der Waals surface area (Å²) >= 11 is 0. The van der Waals surface area contributed by atoms with Gasteiger partial charge in [-0.25, -0.2) is 0 Å². The second-order valence-electron chi connectivity index (χ2n) is 8.66. The quantitative estimate of drug-likeness (QED) is 0.316. The Bertz CT molecular complexity index is 1040. The van der Waals surface area contributed by atoms with Gasteiger partial charge in [0.25, 0.3) is 0 Å². The summed E-state index contributed by atoms with van der Waals surface area (Å²) in [4.78, 5) is 13.7. The Morgan fingerprint density at radius 1 is 0.576 bits per heavy atom. The summed E-state index contributed by atoms with van der Waals surface area (Å²) in [6.45, 7) is 4.01. The van der Waals surface area contributed by atoms with Crippen LogP contribution in [0.1, 0.15) is 17.5 Å². The standard InChI is InChI=1S/C29H32N4/c1-32(22-24-10-7-12-26(20-24)28-14-3-5-16-30-28)18-9-19-33(2)23-25-11-8-13-27(21-25)29-15-4-6-17-31-29/h3-8,10-17,20-21H,9,18-19,22-23H2,1-2H3. The Morgan fingerprint density at radius 2 is 1.06 bits per heavy atom. The molecule has 0 amide bonds. The highest BCUT2D eigenvalue weighted by Crippen LogP contribution is 2.20. The first-order chi connectivity index (χ1) is 16.2. The molecule has 0 aliphatic heterocycles. The van der Waals surface area contributed by atoms with Gasteiger partial charge in [0.05, 0.1) is 11.4 Å². The second-order valence-corrected chi connectivity index (χ2v) is 8.66. The molecular weight excluding hydrogens is 404 g/mol. The minimum atomic E-state index is 0.941. The average molecular weight is 437 g/mol. The highest BCUT2D eigenvalue weighted by molar-refractivity contribution is 5.60. The molecule has 33 heavy (non-hydrogen) atoms. The normalized spacial score (nSPS) is 11.3. The summed E-state index contributed by atoms with van der Waals surface area (Å²) in [6, 6.07) is 29.5. The highest BCUT2D eigenvalue weighted by atomic mass is 15.1. The topological polar surface area (TPSA) is 32.3 Å². The average Bonchev–Trinajstić information content (AvgIpc) is 2.85. The third kappa shape index (κ3) is 6.82. The maximum Gasteiger partial charge on any atom is 0.0702 e. The van der Waals surface area contributed by atoms with Gasteiger partial charge in [-0.05, 0) is 81.1 Å². The Morgan fingerprint density at radius 3 is 1.48 bits per heavy atom. The van der Waals surface area contributed by atoms with Crippen LogP contribution in [0.3, 0.4) is 0 Å². The van der Waals surface area contributed by atoms with Crippen LogP contribution in [0.2, 0.25) is 0 Å². The van der Waals surface area contributed by atoms with Crippen LogP contribution in [0, 0.1) is 0 Å². The molecule has 0 unspecified atom stereocenters. The molecule has 0 aliphatic rings. The minimum absolute atomic E-state index is 0.941. The van der Waals surface area contributed by atoms with Crippen molar-refractivity contribution in [1.82, 2.24) is 19.8 Å².